The van der Waals surface area contributed by atoms with E-state index < -0.39 is 17.6 Å². The number of halogens is 3. The fourth-order valence-electron chi connectivity index (χ4n) is 1.80. The van der Waals surface area contributed by atoms with Gasteiger partial charge in [0.15, 0.2) is 0 Å². The number of hydrogen-bond acceptors (Lipinski definition) is 2. The van der Waals surface area contributed by atoms with Crippen LogP contribution in [0.15, 0.2) is 36.4 Å². The third-order valence-electron chi connectivity index (χ3n) is 2.98. The van der Waals surface area contributed by atoms with E-state index >= 15 is 0 Å². The Hall–Kier alpha value is -2.11. The van der Waals surface area contributed by atoms with Crippen molar-refractivity contribution < 1.29 is 14.0 Å². The van der Waals surface area contributed by atoms with Gasteiger partial charge >= 0.3 is 0 Å². The summed E-state index contributed by atoms with van der Waals surface area (Å²) in [6, 6.07) is 8.82. The summed E-state index contributed by atoms with van der Waals surface area (Å²) in [6.07, 6.45) is -0.388. The Labute approximate surface area is 142 Å². The highest BCUT2D eigenvalue weighted by Crippen LogP contribution is 2.21. The number of amides is 2. The van der Waals surface area contributed by atoms with E-state index in [-0.39, 0.29) is 11.4 Å². The van der Waals surface area contributed by atoms with Gasteiger partial charge in [0.05, 0.1) is 5.02 Å². The molecule has 2 aromatic carbocycles. The summed E-state index contributed by atoms with van der Waals surface area (Å²) in [6.45, 7) is 1.84. The lowest BCUT2D eigenvalue weighted by Crippen LogP contribution is -2.21. The van der Waals surface area contributed by atoms with Gasteiger partial charge in [-0.3, -0.25) is 9.59 Å². The van der Waals surface area contributed by atoms with Crippen molar-refractivity contribution in [2.45, 2.75) is 13.3 Å². The first kappa shape index (κ1) is 17.2. The van der Waals surface area contributed by atoms with Crippen molar-refractivity contribution in [3.63, 3.8) is 0 Å². The first-order chi connectivity index (χ1) is 10.8. The molecule has 0 fully saturated rings. The molecule has 4 nitrogen and oxygen atoms in total. The molecule has 7 heteroatoms. The van der Waals surface area contributed by atoms with Crippen LogP contribution in [-0.2, 0) is 9.59 Å². The molecule has 0 aliphatic rings. The Bertz CT molecular complexity index is 702. The lowest BCUT2D eigenvalue weighted by Gasteiger charge is -2.08. The fourth-order valence-corrected chi connectivity index (χ4v) is 2.16. The Morgan fingerprint density at radius 2 is 1.48 bits per heavy atom. The maximum Gasteiger partial charge on any atom is 0.233 e. The summed E-state index contributed by atoms with van der Waals surface area (Å²) in [7, 11) is 0. The lowest BCUT2D eigenvalue weighted by molar-refractivity contribution is -0.123. The van der Waals surface area contributed by atoms with E-state index in [1.807, 2.05) is 6.92 Å². The van der Waals surface area contributed by atoms with Gasteiger partial charge in [-0.05, 0) is 42.8 Å². The molecule has 0 spiro atoms. The van der Waals surface area contributed by atoms with Crippen molar-refractivity contribution in [3.05, 3.63) is 57.8 Å². The molecule has 2 aromatic rings. The normalized spacial score (nSPS) is 10.3. The molecule has 0 saturated carbocycles. The molecule has 0 heterocycles. The molecule has 0 bridgehead atoms. The number of rotatable bonds is 4. The van der Waals surface area contributed by atoms with Crippen molar-refractivity contribution in [2.75, 3.05) is 10.6 Å². The Morgan fingerprint density at radius 3 is 2.00 bits per heavy atom. The molecule has 2 rings (SSSR count). The van der Waals surface area contributed by atoms with E-state index in [0.29, 0.717) is 16.4 Å². The van der Waals surface area contributed by atoms with Crippen molar-refractivity contribution in [1.29, 1.82) is 0 Å². The summed E-state index contributed by atoms with van der Waals surface area (Å²) in [5.74, 6) is -1.61. The number of nitrogens with one attached hydrogen (secondary N) is 2. The zero-order valence-electron chi connectivity index (χ0n) is 12.1. The molecular weight excluding hydrogens is 342 g/mol. The second kappa shape index (κ2) is 7.44. The third kappa shape index (κ3) is 4.94. The monoisotopic (exact) mass is 354 g/mol. The highest BCUT2D eigenvalue weighted by atomic mass is 35.5. The SMILES string of the molecule is Cc1ccc(NC(=O)CC(=O)Nc2ccc(F)c(Cl)c2)cc1Cl. The van der Waals surface area contributed by atoms with Crippen LogP contribution in [0.1, 0.15) is 12.0 Å². The van der Waals surface area contributed by atoms with Gasteiger partial charge in [0.25, 0.3) is 0 Å². The number of anilines is 2. The average molecular weight is 355 g/mol. The van der Waals surface area contributed by atoms with Crippen molar-refractivity contribution >= 4 is 46.4 Å². The van der Waals surface area contributed by atoms with E-state index in [1.165, 1.54) is 12.1 Å². The molecule has 0 saturated heterocycles. The summed E-state index contributed by atoms with van der Waals surface area (Å²) >= 11 is 11.6. The van der Waals surface area contributed by atoms with Crippen LogP contribution < -0.4 is 10.6 Å². The van der Waals surface area contributed by atoms with Gasteiger partial charge in [0.2, 0.25) is 11.8 Å². The van der Waals surface area contributed by atoms with Gasteiger partial charge in [0.1, 0.15) is 12.2 Å². The summed E-state index contributed by atoms with van der Waals surface area (Å²) in [5, 5.41) is 5.46. The maximum absolute atomic E-state index is 13.0. The van der Waals surface area contributed by atoms with Crippen LogP contribution in [0, 0.1) is 12.7 Å². The second-order valence-corrected chi connectivity index (χ2v) is 5.68. The van der Waals surface area contributed by atoms with Gasteiger partial charge < -0.3 is 10.6 Å². The number of aryl methyl sites for hydroxylation is 1. The van der Waals surface area contributed by atoms with E-state index in [0.717, 1.165) is 11.6 Å². The van der Waals surface area contributed by atoms with Crippen molar-refractivity contribution in [2.24, 2.45) is 0 Å². The molecule has 0 aliphatic heterocycles. The van der Waals surface area contributed by atoms with E-state index in [2.05, 4.69) is 10.6 Å². The molecule has 2 amide bonds. The first-order valence-electron chi connectivity index (χ1n) is 6.66. The summed E-state index contributed by atoms with van der Waals surface area (Å²) in [5.41, 5.74) is 1.70. The molecule has 0 atom stereocenters. The summed E-state index contributed by atoms with van der Waals surface area (Å²) in [4.78, 5) is 23.6. The third-order valence-corrected chi connectivity index (χ3v) is 3.68. The minimum Gasteiger partial charge on any atom is -0.326 e. The van der Waals surface area contributed by atoms with Gasteiger partial charge in [-0.25, -0.2) is 4.39 Å². The molecular formula is C16H13Cl2FN2O2. The van der Waals surface area contributed by atoms with E-state index in [4.69, 9.17) is 23.2 Å². The Balaban J connectivity index is 1.92. The maximum atomic E-state index is 13.0. The van der Waals surface area contributed by atoms with Gasteiger partial charge in [0, 0.05) is 16.4 Å². The largest absolute Gasteiger partial charge is 0.326 e. The summed E-state index contributed by atoms with van der Waals surface area (Å²) < 4.78 is 13.0. The fraction of sp³-hybridized carbons (Fsp3) is 0.125. The van der Waals surface area contributed by atoms with Crippen LogP contribution in [0.4, 0.5) is 15.8 Å². The van der Waals surface area contributed by atoms with Crippen LogP contribution in [0.3, 0.4) is 0 Å². The molecule has 120 valence electrons. The van der Waals surface area contributed by atoms with Gasteiger partial charge in [-0.1, -0.05) is 29.3 Å². The topological polar surface area (TPSA) is 58.2 Å². The van der Waals surface area contributed by atoms with Crippen LogP contribution >= 0.6 is 23.2 Å². The van der Waals surface area contributed by atoms with Crippen LogP contribution in [0.5, 0.6) is 0 Å². The molecule has 0 radical (unpaired) electrons. The van der Waals surface area contributed by atoms with Crippen molar-refractivity contribution in [1.82, 2.24) is 0 Å². The predicted octanol–water partition coefficient (Wildman–Crippen LogP) is 4.41. The Kier molecular flexibility index (Phi) is 5.58. The van der Waals surface area contributed by atoms with E-state index in [1.54, 1.807) is 18.2 Å². The zero-order valence-corrected chi connectivity index (χ0v) is 13.6. The molecule has 0 aliphatic carbocycles. The Morgan fingerprint density at radius 1 is 0.957 bits per heavy atom. The lowest BCUT2D eigenvalue weighted by atomic mass is 10.2. The molecule has 0 unspecified atom stereocenters. The second-order valence-electron chi connectivity index (χ2n) is 4.87. The smallest absolute Gasteiger partial charge is 0.233 e. The number of carbonyl (C=O) groups is 2. The van der Waals surface area contributed by atoms with Gasteiger partial charge in [-0.15, -0.1) is 0 Å². The van der Waals surface area contributed by atoms with E-state index in [9.17, 15) is 14.0 Å². The quantitative estimate of drug-likeness (QED) is 0.799. The van der Waals surface area contributed by atoms with Crippen LogP contribution in [0.2, 0.25) is 10.0 Å². The number of carbonyl (C=O) groups excluding carboxylic acids is 2. The first-order valence-corrected chi connectivity index (χ1v) is 7.41. The van der Waals surface area contributed by atoms with Crippen LogP contribution in [0.25, 0.3) is 0 Å². The highest BCUT2D eigenvalue weighted by Gasteiger charge is 2.11. The average Bonchev–Trinajstić information content (AvgIpc) is 2.46. The molecule has 2 N–H and O–H groups in total. The number of hydrogen-bond donors (Lipinski definition) is 2. The van der Waals surface area contributed by atoms with Crippen molar-refractivity contribution in [3.8, 4) is 0 Å². The minimum absolute atomic E-state index is 0.110. The predicted molar refractivity (Wildman–Crippen MR) is 89.5 cm³/mol. The molecule has 0 aromatic heterocycles. The molecule has 23 heavy (non-hydrogen) atoms. The standard InChI is InChI=1S/C16H13Cl2FN2O2/c1-9-2-3-10(6-12(9)17)20-15(22)8-16(23)21-11-4-5-14(19)13(18)7-11/h2-7H,8H2,1H3,(H,20,22)(H,21,23). The number of benzene rings is 2. The minimum atomic E-state index is -0.585. The zero-order chi connectivity index (χ0) is 17.0. The van der Waals surface area contributed by atoms with Gasteiger partial charge in [-0.2, -0.15) is 0 Å². The van der Waals surface area contributed by atoms with Crippen LogP contribution in [-0.4, -0.2) is 11.8 Å². The highest BCUT2D eigenvalue weighted by molar-refractivity contribution is 6.31.